The van der Waals surface area contributed by atoms with Gasteiger partial charge in [0, 0.05) is 43.7 Å². The van der Waals surface area contributed by atoms with Crippen molar-refractivity contribution in [3.63, 3.8) is 0 Å². The van der Waals surface area contributed by atoms with Crippen LogP contribution in [0.25, 0.3) is 0 Å². The van der Waals surface area contributed by atoms with Crippen molar-refractivity contribution in [2.24, 2.45) is 22.9 Å². The predicted molar refractivity (Wildman–Crippen MR) is 240 cm³/mol. The van der Waals surface area contributed by atoms with Crippen LogP contribution in [-0.2, 0) is 27.5 Å². The van der Waals surface area contributed by atoms with Crippen molar-refractivity contribution in [3.05, 3.63) is 142 Å². The number of nitro groups is 1. The van der Waals surface area contributed by atoms with Crippen molar-refractivity contribution in [1.29, 1.82) is 0 Å². The molecule has 0 radical (unpaired) electrons. The van der Waals surface area contributed by atoms with E-state index in [1.807, 2.05) is 60.7 Å². The molecule has 4 aliphatic rings. The minimum absolute atomic E-state index is 0.0119. The van der Waals surface area contributed by atoms with Crippen LogP contribution >= 0.6 is 0 Å². The number of methoxy groups -OCH3 is 1. The molecule has 15 heteroatoms. The van der Waals surface area contributed by atoms with Gasteiger partial charge < -0.3 is 43.5 Å². The van der Waals surface area contributed by atoms with E-state index in [-0.39, 0.29) is 69.6 Å². The van der Waals surface area contributed by atoms with Crippen LogP contribution in [0.3, 0.4) is 0 Å². The van der Waals surface area contributed by atoms with Crippen LogP contribution in [0.2, 0.25) is 0 Å². The fourth-order valence-electron chi connectivity index (χ4n) is 9.92. The van der Waals surface area contributed by atoms with Gasteiger partial charge >= 0.3 is 6.09 Å². The van der Waals surface area contributed by atoms with Crippen molar-refractivity contribution in [3.8, 4) is 28.7 Å². The SMILES string of the molecule is C=CCO[C@@]12Oc3ccc(Oc4cccc([N+](=O)[O-])c4)cc3[C@H]3[C@H](CCCCO)[C@@H](CCCCO)C=C(C(=NOCc4ccccc4)C[C@@H]1N(Cc1ccc4c(c1)OCO4)C(=O)OC)[C@H]32. The average molecular weight is 890 g/mol. The number of amides is 1. The van der Waals surface area contributed by atoms with Crippen LogP contribution in [0, 0.1) is 27.9 Å². The lowest BCUT2D eigenvalue weighted by Gasteiger charge is -2.59. The molecule has 0 bridgehead atoms. The minimum atomic E-state index is -1.55. The molecule has 0 saturated heterocycles. The third-order valence-corrected chi connectivity index (χ3v) is 12.7. The fourth-order valence-corrected chi connectivity index (χ4v) is 9.92. The molecule has 8 rings (SSSR count). The number of rotatable bonds is 20. The molecular formula is C50H55N3O12. The van der Waals surface area contributed by atoms with E-state index in [2.05, 4.69) is 12.7 Å². The summed E-state index contributed by atoms with van der Waals surface area (Å²) in [5.41, 5.74) is 3.89. The molecular weight excluding hydrogens is 835 g/mol. The average Bonchev–Trinajstić information content (AvgIpc) is 3.80. The number of hydrogen-bond acceptors (Lipinski definition) is 13. The number of nitro benzene ring substituents is 1. The quantitative estimate of drug-likeness (QED) is 0.0372. The molecule has 15 nitrogen and oxygen atoms in total. The van der Waals surface area contributed by atoms with E-state index in [0.29, 0.717) is 47.3 Å². The highest BCUT2D eigenvalue weighted by Gasteiger charge is 2.65. The molecule has 4 aromatic carbocycles. The van der Waals surface area contributed by atoms with Gasteiger partial charge in [-0.3, -0.25) is 15.0 Å². The number of oxime groups is 1. The summed E-state index contributed by atoms with van der Waals surface area (Å²) in [6, 6.07) is 26.0. The second kappa shape index (κ2) is 20.6. The first-order chi connectivity index (χ1) is 31.8. The molecule has 0 aromatic heterocycles. The van der Waals surface area contributed by atoms with Crippen LogP contribution < -0.4 is 18.9 Å². The predicted octanol–water partition coefficient (Wildman–Crippen LogP) is 9.22. The topological polar surface area (TPSA) is 181 Å². The summed E-state index contributed by atoms with van der Waals surface area (Å²) in [5.74, 6) is -0.132. The van der Waals surface area contributed by atoms with Gasteiger partial charge in [-0.25, -0.2) is 4.79 Å². The third kappa shape index (κ3) is 9.68. The summed E-state index contributed by atoms with van der Waals surface area (Å²) in [6.45, 7) is 4.56. The molecule has 342 valence electrons. The lowest BCUT2D eigenvalue weighted by molar-refractivity contribution is -0.384. The highest BCUT2D eigenvalue weighted by atomic mass is 16.7. The minimum Gasteiger partial charge on any atom is -0.459 e. The van der Waals surface area contributed by atoms with E-state index in [4.69, 9.17) is 38.4 Å². The summed E-state index contributed by atoms with van der Waals surface area (Å²) in [7, 11) is 1.34. The zero-order chi connectivity index (χ0) is 45.3. The summed E-state index contributed by atoms with van der Waals surface area (Å²) in [5, 5.41) is 36.5. The molecule has 6 atom stereocenters. The molecule has 0 unspecified atom stereocenters. The van der Waals surface area contributed by atoms with Crippen LogP contribution in [0.4, 0.5) is 10.5 Å². The van der Waals surface area contributed by atoms with Gasteiger partial charge in [-0.1, -0.05) is 72.6 Å². The summed E-state index contributed by atoms with van der Waals surface area (Å²) in [6.07, 6.45) is 7.67. The molecule has 2 aliphatic heterocycles. The van der Waals surface area contributed by atoms with Gasteiger partial charge in [-0.15, -0.1) is 6.58 Å². The van der Waals surface area contributed by atoms with Gasteiger partial charge in [-0.2, -0.15) is 0 Å². The maximum Gasteiger partial charge on any atom is 0.410 e. The molecule has 2 N–H and O–H groups in total. The zero-order valence-electron chi connectivity index (χ0n) is 36.4. The Morgan fingerprint density at radius 1 is 0.923 bits per heavy atom. The Labute approximate surface area is 377 Å². The number of nitrogens with zero attached hydrogens (tertiary/aromatic N) is 3. The lowest BCUT2D eigenvalue weighted by Crippen LogP contribution is -2.70. The van der Waals surface area contributed by atoms with Crippen molar-refractivity contribution in [2.75, 3.05) is 33.7 Å². The Balaban J connectivity index is 1.32. The summed E-state index contributed by atoms with van der Waals surface area (Å²) in [4.78, 5) is 33.4. The van der Waals surface area contributed by atoms with Crippen LogP contribution in [-0.4, -0.2) is 77.4 Å². The van der Waals surface area contributed by atoms with Crippen molar-refractivity contribution < 1.29 is 53.2 Å². The van der Waals surface area contributed by atoms with E-state index < -0.39 is 28.8 Å². The Bertz CT molecular complexity index is 2390. The Hall–Kier alpha value is -6.42. The van der Waals surface area contributed by atoms with Crippen molar-refractivity contribution in [1.82, 2.24) is 4.90 Å². The number of allylic oxidation sites excluding steroid dienone is 1. The van der Waals surface area contributed by atoms with Gasteiger partial charge in [0.2, 0.25) is 12.6 Å². The van der Waals surface area contributed by atoms with Crippen LogP contribution in [0.5, 0.6) is 28.7 Å². The first-order valence-corrected chi connectivity index (χ1v) is 22.2. The highest BCUT2D eigenvalue weighted by Crippen LogP contribution is 2.62. The van der Waals surface area contributed by atoms with E-state index >= 15 is 0 Å². The second-order valence-electron chi connectivity index (χ2n) is 16.7. The van der Waals surface area contributed by atoms with Gasteiger partial charge in [0.1, 0.15) is 29.9 Å². The van der Waals surface area contributed by atoms with E-state index in [1.54, 1.807) is 29.2 Å². The number of hydrogen-bond donors (Lipinski definition) is 2. The molecule has 2 heterocycles. The van der Waals surface area contributed by atoms with E-state index in [1.165, 1.54) is 19.2 Å². The fraction of sp³-hybridized carbons (Fsp3) is 0.400. The number of carbonyl (C=O) groups is 1. The van der Waals surface area contributed by atoms with E-state index in [0.717, 1.165) is 47.9 Å². The molecule has 4 aromatic rings. The van der Waals surface area contributed by atoms with Gasteiger partial charge in [0.05, 0.1) is 36.3 Å². The second-order valence-corrected chi connectivity index (χ2v) is 16.7. The van der Waals surface area contributed by atoms with Gasteiger partial charge in [-0.05, 0) is 90.6 Å². The molecule has 1 amide bonds. The maximum absolute atomic E-state index is 14.4. The standard InChI is InChI=1S/C50H55N3O12/c1-3-24-62-50-46(52(49(56)59-2)30-34-18-20-44-45(25-34)61-32-60-44)29-42(51-63-31-33-12-5-4-6-13-33)40-26-35(14-7-9-22-54)39(17-8-10-23-55)47(48(40)50)41-28-38(19-21-43(41)65-50)64-37-16-11-15-36(27-37)53(57)58/h3-6,11-13,15-16,18-21,25-28,35,39,46-48,54-55H,1,7-10,14,17,22-24,29-32H2,2H3/t35-,39+,46-,47+,48+,50+/m0/s1. The largest absolute Gasteiger partial charge is 0.459 e. The Morgan fingerprint density at radius 2 is 1.69 bits per heavy atom. The van der Waals surface area contributed by atoms with Gasteiger partial charge in [0.25, 0.3) is 5.69 Å². The lowest BCUT2D eigenvalue weighted by atomic mass is 9.55. The highest BCUT2D eigenvalue weighted by molar-refractivity contribution is 6.03. The smallest absolute Gasteiger partial charge is 0.410 e. The van der Waals surface area contributed by atoms with Crippen LogP contribution in [0.1, 0.15) is 67.6 Å². The van der Waals surface area contributed by atoms with Crippen LogP contribution in [0.15, 0.2) is 120 Å². The summed E-state index contributed by atoms with van der Waals surface area (Å²) < 4.78 is 37.6. The Kier molecular flexibility index (Phi) is 14.3. The first-order valence-electron chi connectivity index (χ1n) is 22.2. The van der Waals surface area contributed by atoms with E-state index in [9.17, 15) is 25.1 Å². The Morgan fingerprint density at radius 3 is 2.46 bits per heavy atom. The molecule has 0 spiro atoms. The number of unbranched alkanes of at least 4 members (excludes halogenated alkanes) is 2. The number of non-ortho nitro benzene ring substituents is 1. The number of carbonyl (C=O) groups excluding carboxylic acids is 1. The van der Waals surface area contributed by atoms with Crippen molar-refractivity contribution >= 4 is 17.5 Å². The number of benzene rings is 4. The molecule has 1 saturated carbocycles. The van der Waals surface area contributed by atoms with Crippen molar-refractivity contribution in [2.45, 2.75) is 75.8 Å². The number of fused-ring (bicyclic) bond motifs is 3. The summed E-state index contributed by atoms with van der Waals surface area (Å²) >= 11 is 0. The molecule has 2 aliphatic carbocycles. The molecule has 1 fully saturated rings. The maximum atomic E-state index is 14.4. The number of aliphatic hydroxyl groups excluding tert-OH is 2. The number of ether oxygens (including phenoxy) is 6. The molecule has 65 heavy (non-hydrogen) atoms. The monoisotopic (exact) mass is 889 g/mol. The normalized spacial score (nSPS) is 23.0. The number of aliphatic hydroxyl groups is 2. The first kappa shape index (κ1) is 45.2. The zero-order valence-corrected chi connectivity index (χ0v) is 36.4. The third-order valence-electron chi connectivity index (χ3n) is 12.7. The van der Waals surface area contributed by atoms with Gasteiger partial charge in [0.15, 0.2) is 11.5 Å².